The van der Waals surface area contributed by atoms with Gasteiger partial charge in [0.25, 0.3) is 0 Å². The van der Waals surface area contributed by atoms with Crippen molar-refractivity contribution in [2.75, 3.05) is 51.2 Å². The average Bonchev–Trinajstić information content (AvgIpc) is 2.76. The largest absolute Gasteiger partial charge is 0.369 e. The van der Waals surface area contributed by atoms with Crippen molar-refractivity contribution in [3.63, 3.8) is 0 Å². The molecule has 1 aliphatic heterocycles. The Labute approximate surface area is 171 Å². The highest BCUT2D eigenvalue weighted by molar-refractivity contribution is 5.79. The molecule has 5 nitrogen and oxygen atoms in total. The number of para-hydroxylation sites is 1. The first-order valence-electron chi connectivity index (χ1n) is 10.1. The average molecular weight is 402 g/mol. The molecule has 0 radical (unpaired) electrons. The van der Waals surface area contributed by atoms with Crippen LogP contribution in [-0.2, 0) is 6.54 Å². The molecule has 0 amide bonds. The molecule has 7 heteroatoms. The van der Waals surface area contributed by atoms with Crippen molar-refractivity contribution >= 4 is 11.6 Å². The Morgan fingerprint density at radius 3 is 2.48 bits per heavy atom. The predicted molar refractivity (Wildman–Crippen MR) is 114 cm³/mol. The molecule has 0 unspecified atom stereocenters. The topological polar surface area (TPSA) is 42.9 Å². The van der Waals surface area contributed by atoms with Crippen molar-refractivity contribution in [2.45, 2.75) is 13.0 Å². The lowest BCUT2D eigenvalue weighted by atomic mass is 10.2. The molecule has 3 rings (SSSR count). The van der Waals surface area contributed by atoms with Crippen LogP contribution in [-0.4, -0.2) is 57.2 Å². The Kier molecular flexibility index (Phi) is 7.81. The fourth-order valence-electron chi connectivity index (χ4n) is 3.46. The number of anilines is 1. The number of nitrogens with zero attached hydrogens (tertiary/aromatic N) is 3. The highest BCUT2D eigenvalue weighted by Crippen LogP contribution is 2.15. The Morgan fingerprint density at radius 1 is 1.00 bits per heavy atom. The first kappa shape index (κ1) is 21.0. The third kappa shape index (κ3) is 6.42. The molecule has 1 saturated heterocycles. The normalized spacial score (nSPS) is 15.4. The molecule has 2 N–H and O–H groups in total. The molecule has 0 bridgehead atoms. The van der Waals surface area contributed by atoms with Crippen LogP contribution in [0.15, 0.2) is 53.5 Å². The highest BCUT2D eigenvalue weighted by Gasteiger charge is 2.16. The molecule has 29 heavy (non-hydrogen) atoms. The van der Waals surface area contributed by atoms with E-state index < -0.39 is 11.6 Å². The lowest BCUT2D eigenvalue weighted by molar-refractivity contribution is 0.255. The molecule has 0 aliphatic carbocycles. The number of rotatable bonds is 7. The number of hydrogen-bond acceptors (Lipinski definition) is 3. The van der Waals surface area contributed by atoms with Crippen LogP contribution in [0, 0.1) is 11.6 Å². The first-order valence-corrected chi connectivity index (χ1v) is 10.1. The van der Waals surface area contributed by atoms with E-state index in [9.17, 15) is 8.78 Å². The predicted octanol–water partition coefficient (Wildman–Crippen LogP) is 2.84. The van der Waals surface area contributed by atoms with E-state index >= 15 is 0 Å². The van der Waals surface area contributed by atoms with Crippen LogP contribution in [0.4, 0.5) is 14.5 Å². The van der Waals surface area contributed by atoms with Gasteiger partial charge in [-0.2, -0.15) is 0 Å². The molecule has 2 aromatic carbocycles. The number of halogens is 2. The van der Waals surface area contributed by atoms with Crippen LogP contribution in [0.2, 0.25) is 0 Å². The van der Waals surface area contributed by atoms with E-state index in [2.05, 4.69) is 49.7 Å². The number of piperazine rings is 1. The van der Waals surface area contributed by atoms with Gasteiger partial charge in [-0.05, 0) is 43.3 Å². The van der Waals surface area contributed by atoms with E-state index in [1.807, 2.05) is 6.07 Å². The van der Waals surface area contributed by atoms with Gasteiger partial charge in [-0.25, -0.2) is 8.78 Å². The molecule has 0 aromatic heterocycles. The number of hydrogen-bond donors (Lipinski definition) is 2. The summed E-state index contributed by atoms with van der Waals surface area (Å²) in [7, 11) is 1.67. The minimum atomic E-state index is -0.446. The van der Waals surface area contributed by atoms with Crippen LogP contribution >= 0.6 is 0 Å². The molecule has 2 aromatic rings. The summed E-state index contributed by atoms with van der Waals surface area (Å²) in [6.07, 6.45) is 0.986. The Balaban J connectivity index is 1.33. The fourth-order valence-corrected chi connectivity index (χ4v) is 3.46. The van der Waals surface area contributed by atoms with Crippen LogP contribution in [0.25, 0.3) is 0 Å². The summed E-state index contributed by atoms with van der Waals surface area (Å²) in [5.74, 6) is -0.287. The molecule has 0 atom stereocenters. The van der Waals surface area contributed by atoms with Crippen LogP contribution in [0.5, 0.6) is 0 Å². The monoisotopic (exact) mass is 401 g/mol. The minimum absolute atomic E-state index is 0.185. The van der Waals surface area contributed by atoms with Gasteiger partial charge >= 0.3 is 0 Å². The molecular weight excluding hydrogens is 372 g/mol. The number of benzene rings is 2. The van der Waals surface area contributed by atoms with Gasteiger partial charge in [0.05, 0.1) is 0 Å². The standard InChI is InChI=1S/C22H29F2N5/c1-25-22(27-17-18-16-19(23)8-9-21(18)24)26-10-5-11-28-12-14-29(15-13-28)20-6-3-2-4-7-20/h2-4,6-9,16H,5,10-15,17H2,1H3,(H2,25,26,27). The van der Waals surface area contributed by atoms with Gasteiger partial charge in [0.1, 0.15) is 11.6 Å². The quantitative estimate of drug-likeness (QED) is 0.425. The zero-order valence-corrected chi connectivity index (χ0v) is 16.9. The summed E-state index contributed by atoms with van der Waals surface area (Å²) in [6, 6.07) is 14.0. The SMILES string of the molecule is CN=C(NCCCN1CCN(c2ccccc2)CC1)NCc1cc(F)ccc1F. The molecule has 0 spiro atoms. The molecule has 1 aliphatic rings. The molecule has 1 fully saturated rings. The third-order valence-corrected chi connectivity index (χ3v) is 5.11. The Morgan fingerprint density at radius 2 is 1.76 bits per heavy atom. The van der Waals surface area contributed by atoms with Crippen molar-refractivity contribution in [3.05, 3.63) is 65.7 Å². The van der Waals surface area contributed by atoms with Crippen molar-refractivity contribution in [3.8, 4) is 0 Å². The maximum absolute atomic E-state index is 13.7. The van der Waals surface area contributed by atoms with E-state index in [0.29, 0.717) is 5.96 Å². The van der Waals surface area contributed by atoms with Crippen LogP contribution < -0.4 is 15.5 Å². The second kappa shape index (κ2) is 10.8. The maximum Gasteiger partial charge on any atom is 0.191 e. The lowest BCUT2D eigenvalue weighted by Gasteiger charge is -2.36. The molecule has 156 valence electrons. The van der Waals surface area contributed by atoms with Crippen LogP contribution in [0.3, 0.4) is 0 Å². The van der Waals surface area contributed by atoms with Gasteiger partial charge in [0.15, 0.2) is 5.96 Å². The summed E-state index contributed by atoms with van der Waals surface area (Å²) in [5.41, 5.74) is 1.57. The summed E-state index contributed by atoms with van der Waals surface area (Å²) < 4.78 is 26.9. The van der Waals surface area contributed by atoms with Crippen molar-refractivity contribution < 1.29 is 8.78 Å². The zero-order valence-electron chi connectivity index (χ0n) is 16.9. The van der Waals surface area contributed by atoms with E-state index in [1.165, 1.54) is 11.8 Å². The van der Waals surface area contributed by atoms with Gasteiger partial charge in [0, 0.05) is 57.6 Å². The van der Waals surface area contributed by atoms with E-state index in [0.717, 1.165) is 57.8 Å². The summed E-state index contributed by atoms with van der Waals surface area (Å²) in [4.78, 5) is 9.04. The molecule has 1 heterocycles. The number of nitrogens with one attached hydrogen (secondary N) is 2. The van der Waals surface area contributed by atoms with Crippen LogP contribution in [0.1, 0.15) is 12.0 Å². The van der Waals surface area contributed by atoms with Gasteiger partial charge < -0.3 is 15.5 Å². The lowest BCUT2D eigenvalue weighted by Crippen LogP contribution is -2.47. The van der Waals surface area contributed by atoms with E-state index in [1.54, 1.807) is 7.05 Å². The molecular formula is C22H29F2N5. The van der Waals surface area contributed by atoms with E-state index in [4.69, 9.17) is 0 Å². The first-order chi connectivity index (χ1) is 14.2. The third-order valence-electron chi connectivity index (χ3n) is 5.11. The highest BCUT2D eigenvalue weighted by atomic mass is 19.1. The second-order valence-corrected chi connectivity index (χ2v) is 7.11. The summed E-state index contributed by atoms with van der Waals surface area (Å²) >= 11 is 0. The van der Waals surface area contributed by atoms with Gasteiger partial charge in [-0.1, -0.05) is 18.2 Å². The van der Waals surface area contributed by atoms with Crippen molar-refractivity contribution in [1.29, 1.82) is 0 Å². The van der Waals surface area contributed by atoms with Gasteiger partial charge in [-0.15, -0.1) is 0 Å². The number of guanidine groups is 1. The maximum atomic E-state index is 13.7. The second-order valence-electron chi connectivity index (χ2n) is 7.11. The summed E-state index contributed by atoms with van der Waals surface area (Å²) in [6.45, 7) is 6.17. The number of aliphatic imine (C=N–C) groups is 1. The smallest absolute Gasteiger partial charge is 0.191 e. The minimum Gasteiger partial charge on any atom is -0.369 e. The zero-order chi connectivity index (χ0) is 20.5. The van der Waals surface area contributed by atoms with Gasteiger partial charge in [0.2, 0.25) is 0 Å². The molecule has 0 saturated carbocycles. The fraction of sp³-hybridized carbons (Fsp3) is 0.409. The van der Waals surface area contributed by atoms with Crippen molar-refractivity contribution in [1.82, 2.24) is 15.5 Å². The Bertz CT molecular complexity index is 789. The van der Waals surface area contributed by atoms with Crippen molar-refractivity contribution in [2.24, 2.45) is 4.99 Å². The van der Waals surface area contributed by atoms with Gasteiger partial charge in [-0.3, -0.25) is 9.89 Å². The Hall–Kier alpha value is -2.67. The van der Waals surface area contributed by atoms with E-state index in [-0.39, 0.29) is 12.1 Å². The summed E-state index contributed by atoms with van der Waals surface area (Å²) in [5, 5.41) is 6.26.